The molecule has 0 bridgehead atoms. The highest BCUT2D eigenvalue weighted by atomic mass is 16.3. The average molecular weight is 312 g/mol. The summed E-state index contributed by atoms with van der Waals surface area (Å²) in [6, 6.07) is 13.9. The van der Waals surface area contributed by atoms with Crippen LogP contribution in [0.25, 0.3) is 0 Å². The third-order valence-electron chi connectivity index (χ3n) is 4.52. The molecule has 2 heterocycles. The zero-order chi connectivity index (χ0) is 15.9. The molecular formula is C19H24N2O2. The first-order valence-corrected chi connectivity index (χ1v) is 8.38. The van der Waals surface area contributed by atoms with Gasteiger partial charge in [0.25, 0.3) is 0 Å². The van der Waals surface area contributed by atoms with Gasteiger partial charge in [-0.05, 0) is 49.5 Å². The monoisotopic (exact) mass is 312 g/mol. The van der Waals surface area contributed by atoms with Crippen molar-refractivity contribution in [3.8, 4) is 0 Å². The smallest absolute Gasteiger partial charge is 0.221 e. The van der Waals surface area contributed by atoms with Crippen molar-refractivity contribution in [1.82, 2.24) is 10.6 Å². The quantitative estimate of drug-likeness (QED) is 0.862. The molecular weight excluding hydrogens is 288 g/mol. The molecule has 1 aliphatic heterocycles. The molecule has 1 atom stereocenters. The lowest BCUT2D eigenvalue weighted by molar-refractivity contribution is -0.121. The fourth-order valence-electron chi connectivity index (χ4n) is 3.16. The van der Waals surface area contributed by atoms with Gasteiger partial charge in [0.15, 0.2) is 0 Å². The summed E-state index contributed by atoms with van der Waals surface area (Å²) in [5.74, 6) is 1.50. The normalized spacial score (nSPS) is 16.9. The van der Waals surface area contributed by atoms with Crippen LogP contribution in [0, 0.1) is 5.92 Å². The van der Waals surface area contributed by atoms with Crippen molar-refractivity contribution in [2.45, 2.75) is 25.2 Å². The number of hydrogen-bond donors (Lipinski definition) is 2. The Kier molecular flexibility index (Phi) is 5.48. The van der Waals surface area contributed by atoms with Gasteiger partial charge in [-0.15, -0.1) is 0 Å². The molecule has 3 rings (SSSR count). The summed E-state index contributed by atoms with van der Waals surface area (Å²) in [7, 11) is 0. The van der Waals surface area contributed by atoms with Gasteiger partial charge in [0, 0.05) is 13.0 Å². The number of hydrogen-bond acceptors (Lipinski definition) is 3. The lowest BCUT2D eigenvalue weighted by Crippen LogP contribution is -2.36. The van der Waals surface area contributed by atoms with Crippen LogP contribution >= 0.6 is 0 Å². The van der Waals surface area contributed by atoms with Crippen molar-refractivity contribution in [3.05, 3.63) is 60.1 Å². The van der Waals surface area contributed by atoms with Crippen LogP contribution in [0.3, 0.4) is 0 Å². The van der Waals surface area contributed by atoms with Gasteiger partial charge in [0.1, 0.15) is 5.76 Å². The molecule has 0 spiro atoms. The van der Waals surface area contributed by atoms with Crippen LogP contribution in [0.1, 0.15) is 36.5 Å². The first-order valence-electron chi connectivity index (χ1n) is 8.38. The third-order valence-corrected chi connectivity index (χ3v) is 4.52. The summed E-state index contributed by atoms with van der Waals surface area (Å²) in [5.41, 5.74) is 1.11. The van der Waals surface area contributed by atoms with Crippen molar-refractivity contribution >= 4 is 5.91 Å². The molecule has 4 nitrogen and oxygen atoms in total. The van der Waals surface area contributed by atoms with Gasteiger partial charge >= 0.3 is 0 Å². The highest BCUT2D eigenvalue weighted by Gasteiger charge is 2.21. The Labute approximate surface area is 137 Å². The van der Waals surface area contributed by atoms with E-state index in [2.05, 4.69) is 10.6 Å². The number of furan rings is 1. The van der Waals surface area contributed by atoms with Crippen molar-refractivity contribution in [3.63, 3.8) is 0 Å². The Balaban J connectivity index is 1.61. The van der Waals surface area contributed by atoms with Crippen molar-refractivity contribution < 1.29 is 9.21 Å². The van der Waals surface area contributed by atoms with E-state index in [1.54, 1.807) is 6.26 Å². The summed E-state index contributed by atoms with van der Waals surface area (Å²) in [5, 5.41) is 6.46. The Hall–Kier alpha value is -2.07. The molecule has 1 aromatic heterocycles. The molecule has 1 aromatic carbocycles. The van der Waals surface area contributed by atoms with Crippen LogP contribution in [0.4, 0.5) is 0 Å². The molecule has 2 aromatic rings. The lowest BCUT2D eigenvalue weighted by atomic mass is 9.92. The second-order valence-electron chi connectivity index (χ2n) is 6.18. The summed E-state index contributed by atoms with van der Waals surface area (Å²) >= 11 is 0. The SMILES string of the molecule is O=C(CC(c1ccccc1)c1ccco1)NCC1CCNCC1. The number of nitrogens with one attached hydrogen (secondary N) is 2. The van der Waals surface area contributed by atoms with Crippen LogP contribution in [0.5, 0.6) is 0 Å². The van der Waals surface area contributed by atoms with Gasteiger partial charge in [-0.3, -0.25) is 4.79 Å². The predicted molar refractivity (Wildman–Crippen MR) is 90.2 cm³/mol. The Morgan fingerprint density at radius 2 is 1.96 bits per heavy atom. The van der Waals surface area contributed by atoms with Crippen molar-refractivity contribution in [2.75, 3.05) is 19.6 Å². The average Bonchev–Trinajstić information content (AvgIpc) is 3.14. The first kappa shape index (κ1) is 15.8. The molecule has 23 heavy (non-hydrogen) atoms. The second-order valence-corrected chi connectivity index (χ2v) is 6.18. The molecule has 0 radical (unpaired) electrons. The first-order chi connectivity index (χ1) is 11.3. The number of carbonyl (C=O) groups excluding carboxylic acids is 1. The van der Waals surface area contributed by atoms with E-state index < -0.39 is 0 Å². The zero-order valence-electron chi connectivity index (χ0n) is 13.3. The standard InChI is InChI=1S/C19H24N2O2/c22-19(21-14-15-8-10-20-11-9-15)13-17(18-7-4-12-23-18)16-5-2-1-3-6-16/h1-7,12,15,17,20H,8-11,13-14H2,(H,21,22). The molecule has 1 aliphatic rings. The number of amides is 1. The molecule has 0 aliphatic carbocycles. The number of carbonyl (C=O) groups is 1. The van der Waals surface area contributed by atoms with Gasteiger partial charge < -0.3 is 15.1 Å². The maximum atomic E-state index is 12.4. The van der Waals surface area contributed by atoms with Gasteiger partial charge in [-0.1, -0.05) is 30.3 Å². The predicted octanol–water partition coefficient (Wildman–Crippen LogP) is 2.92. The Bertz CT molecular complexity index is 589. The van der Waals surface area contributed by atoms with Gasteiger partial charge in [0.2, 0.25) is 5.91 Å². The largest absolute Gasteiger partial charge is 0.469 e. The van der Waals surface area contributed by atoms with E-state index in [1.165, 1.54) is 0 Å². The molecule has 122 valence electrons. The van der Waals surface area contributed by atoms with E-state index in [1.807, 2.05) is 42.5 Å². The van der Waals surface area contributed by atoms with E-state index in [9.17, 15) is 4.79 Å². The van der Waals surface area contributed by atoms with E-state index in [-0.39, 0.29) is 11.8 Å². The highest BCUT2D eigenvalue weighted by Crippen LogP contribution is 2.28. The maximum Gasteiger partial charge on any atom is 0.221 e. The zero-order valence-corrected chi connectivity index (χ0v) is 13.3. The number of benzene rings is 1. The van der Waals surface area contributed by atoms with Crippen LogP contribution in [-0.4, -0.2) is 25.5 Å². The summed E-state index contributed by atoms with van der Waals surface area (Å²) < 4.78 is 5.56. The second kappa shape index (κ2) is 7.97. The summed E-state index contributed by atoms with van der Waals surface area (Å²) in [6.45, 7) is 2.89. The molecule has 1 saturated heterocycles. The van der Waals surface area contributed by atoms with Gasteiger partial charge in [-0.25, -0.2) is 0 Å². The molecule has 4 heteroatoms. The van der Waals surface area contributed by atoms with Crippen LogP contribution < -0.4 is 10.6 Å². The van der Waals surface area contributed by atoms with Gasteiger partial charge in [0.05, 0.1) is 12.2 Å². The van der Waals surface area contributed by atoms with Crippen molar-refractivity contribution in [2.24, 2.45) is 5.92 Å². The summed E-state index contributed by atoms with van der Waals surface area (Å²) in [6.07, 6.45) is 4.36. The number of piperidine rings is 1. The minimum absolute atomic E-state index is 0.0285. The fraction of sp³-hybridized carbons (Fsp3) is 0.421. The van der Waals surface area contributed by atoms with E-state index >= 15 is 0 Å². The molecule has 1 amide bonds. The Morgan fingerprint density at radius 3 is 2.65 bits per heavy atom. The number of rotatable bonds is 6. The third kappa shape index (κ3) is 4.45. The van der Waals surface area contributed by atoms with Crippen LogP contribution in [-0.2, 0) is 4.79 Å². The van der Waals surface area contributed by atoms with Crippen molar-refractivity contribution in [1.29, 1.82) is 0 Å². The maximum absolute atomic E-state index is 12.4. The highest BCUT2D eigenvalue weighted by molar-refractivity contribution is 5.77. The van der Waals surface area contributed by atoms with Gasteiger partial charge in [-0.2, -0.15) is 0 Å². The molecule has 1 fully saturated rings. The molecule has 2 N–H and O–H groups in total. The van der Waals surface area contributed by atoms with E-state index in [4.69, 9.17) is 4.42 Å². The van der Waals surface area contributed by atoms with Crippen LogP contribution in [0.15, 0.2) is 53.1 Å². The minimum Gasteiger partial charge on any atom is -0.469 e. The topological polar surface area (TPSA) is 54.3 Å². The molecule has 0 saturated carbocycles. The van der Waals surface area contributed by atoms with Crippen LogP contribution in [0.2, 0.25) is 0 Å². The lowest BCUT2D eigenvalue weighted by Gasteiger charge is -2.23. The van der Waals surface area contributed by atoms with E-state index in [0.717, 1.165) is 43.8 Å². The van der Waals surface area contributed by atoms with E-state index in [0.29, 0.717) is 12.3 Å². The summed E-state index contributed by atoms with van der Waals surface area (Å²) in [4.78, 5) is 12.4. The Morgan fingerprint density at radius 1 is 1.17 bits per heavy atom. The minimum atomic E-state index is -0.0285. The fourth-order valence-corrected chi connectivity index (χ4v) is 3.16. The molecule has 1 unspecified atom stereocenters.